The fraction of sp³-hybridized carbons (Fsp3) is 0.320. The second kappa shape index (κ2) is 11.5. The maximum Gasteiger partial charge on any atom is 0.255 e. The van der Waals surface area contributed by atoms with E-state index >= 15 is 0 Å². The minimum absolute atomic E-state index is 0.0611. The van der Waals surface area contributed by atoms with E-state index in [4.69, 9.17) is 16.3 Å². The van der Waals surface area contributed by atoms with Gasteiger partial charge in [-0.15, -0.1) is 0 Å². The Hall–Kier alpha value is -2.52. The second-order valence-electron chi connectivity index (χ2n) is 6.94. The van der Waals surface area contributed by atoms with Crippen molar-refractivity contribution in [1.82, 2.24) is 4.90 Å². The molecule has 0 aliphatic heterocycles. The van der Waals surface area contributed by atoms with Gasteiger partial charge in [0.1, 0.15) is 11.5 Å². The summed E-state index contributed by atoms with van der Waals surface area (Å²) in [5, 5.41) is 0.397. The molecule has 2 rings (SSSR count). The van der Waals surface area contributed by atoms with E-state index in [0.717, 1.165) is 18.6 Å². The number of halogens is 1. The first-order valence-corrected chi connectivity index (χ1v) is 10.5. The first-order chi connectivity index (χ1) is 14.0. The van der Waals surface area contributed by atoms with Gasteiger partial charge in [0.15, 0.2) is 0 Å². The summed E-state index contributed by atoms with van der Waals surface area (Å²) in [6.45, 7) is 9.58. The minimum Gasteiger partial charge on any atom is -0.457 e. The molecule has 0 heterocycles. The molecule has 29 heavy (non-hydrogen) atoms. The number of ether oxygens (including phenoxy) is 1. The quantitative estimate of drug-likeness (QED) is 0.405. The lowest BCUT2D eigenvalue weighted by molar-refractivity contribution is 0.0771. The van der Waals surface area contributed by atoms with Crippen molar-refractivity contribution in [1.29, 1.82) is 0 Å². The molecule has 0 spiro atoms. The predicted octanol–water partition coefficient (Wildman–Crippen LogP) is 7.29. The number of amides is 1. The normalized spacial score (nSPS) is 12.0. The first-order valence-electron chi connectivity index (χ1n) is 10.1. The minimum atomic E-state index is -0.0611. The number of hydrogen-bond donors (Lipinski definition) is 0. The molecule has 0 saturated carbocycles. The largest absolute Gasteiger partial charge is 0.457 e. The van der Waals surface area contributed by atoms with Crippen LogP contribution in [0, 0.1) is 0 Å². The van der Waals surface area contributed by atoms with Crippen molar-refractivity contribution in [3.05, 3.63) is 82.4 Å². The van der Waals surface area contributed by atoms with Gasteiger partial charge in [0.2, 0.25) is 0 Å². The van der Waals surface area contributed by atoms with E-state index in [-0.39, 0.29) is 5.91 Å². The van der Waals surface area contributed by atoms with Gasteiger partial charge in [-0.1, -0.05) is 61.4 Å². The van der Waals surface area contributed by atoms with Crippen LogP contribution >= 0.6 is 11.6 Å². The Morgan fingerprint density at radius 2 is 1.83 bits per heavy atom. The van der Waals surface area contributed by atoms with Crippen molar-refractivity contribution in [3.63, 3.8) is 0 Å². The number of carbonyl (C=O) groups is 1. The standard InChI is InChI=1S/C25H30ClNO2/c1-5-11-20(19(4)7-3)18-27(16-6-2)25(28)23-15-14-22(17-24(23)26)29-21-12-9-8-10-13-21/h5,8-15,17H,6-7,16,18H2,1-4H3/b11-5-,20-19-. The lowest BCUT2D eigenvalue weighted by Gasteiger charge is -2.24. The zero-order valence-corrected chi connectivity index (χ0v) is 18.5. The van der Waals surface area contributed by atoms with Crippen molar-refractivity contribution in [2.24, 2.45) is 0 Å². The topological polar surface area (TPSA) is 29.5 Å². The number of carbonyl (C=O) groups excluding carboxylic acids is 1. The molecule has 0 atom stereocenters. The summed E-state index contributed by atoms with van der Waals surface area (Å²) in [5.74, 6) is 1.27. The van der Waals surface area contributed by atoms with Gasteiger partial charge in [-0.25, -0.2) is 0 Å². The van der Waals surface area contributed by atoms with Crippen LogP contribution in [0.3, 0.4) is 0 Å². The molecule has 2 aromatic carbocycles. The third-order valence-corrected chi connectivity index (χ3v) is 5.05. The molecule has 0 fully saturated rings. The Labute approximate surface area is 179 Å². The van der Waals surface area contributed by atoms with Crippen LogP contribution in [0.4, 0.5) is 0 Å². The Morgan fingerprint density at radius 1 is 1.10 bits per heavy atom. The summed E-state index contributed by atoms with van der Waals surface area (Å²) < 4.78 is 5.82. The Balaban J connectivity index is 2.24. The summed E-state index contributed by atoms with van der Waals surface area (Å²) in [6, 6.07) is 14.7. The van der Waals surface area contributed by atoms with E-state index in [2.05, 4.69) is 26.8 Å². The molecular weight excluding hydrogens is 382 g/mol. The van der Waals surface area contributed by atoms with Crippen LogP contribution in [0.5, 0.6) is 11.5 Å². The van der Waals surface area contributed by atoms with Gasteiger partial charge < -0.3 is 9.64 Å². The van der Waals surface area contributed by atoms with Gasteiger partial charge in [-0.2, -0.15) is 0 Å². The van der Waals surface area contributed by atoms with Crippen molar-refractivity contribution in [3.8, 4) is 11.5 Å². The average Bonchev–Trinajstić information content (AvgIpc) is 2.72. The van der Waals surface area contributed by atoms with Crippen molar-refractivity contribution in [2.45, 2.75) is 40.5 Å². The molecule has 0 aromatic heterocycles. The fourth-order valence-electron chi connectivity index (χ4n) is 3.01. The molecule has 0 N–H and O–H groups in total. The van der Waals surface area contributed by atoms with Crippen LogP contribution in [0.1, 0.15) is 50.9 Å². The highest BCUT2D eigenvalue weighted by Gasteiger charge is 2.19. The number of allylic oxidation sites excluding steroid dienone is 2. The molecule has 4 heteroatoms. The molecule has 0 saturated heterocycles. The SMILES string of the molecule is C/C=C\C(CN(CCC)C(=O)c1ccc(Oc2ccccc2)cc1Cl)=C(/C)CC. The maximum atomic E-state index is 13.2. The van der Waals surface area contributed by atoms with Gasteiger partial charge in [-0.05, 0) is 56.5 Å². The van der Waals surface area contributed by atoms with E-state index in [0.29, 0.717) is 29.4 Å². The second-order valence-corrected chi connectivity index (χ2v) is 7.35. The average molecular weight is 412 g/mol. The Morgan fingerprint density at radius 3 is 2.41 bits per heavy atom. The molecule has 0 unspecified atom stereocenters. The summed E-state index contributed by atoms with van der Waals surface area (Å²) in [7, 11) is 0. The van der Waals surface area contributed by atoms with Gasteiger partial charge in [0, 0.05) is 19.2 Å². The van der Waals surface area contributed by atoms with Gasteiger partial charge >= 0.3 is 0 Å². The predicted molar refractivity (Wildman–Crippen MR) is 122 cm³/mol. The third kappa shape index (κ3) is 6.50. The summed E-state index contributed by atoms with van der Waals surface area (Å²) in [5.41, 5.74) is 2.96. The zero-order valence-electron chi connectivity index (χ0n) is 17.7. The van der Waals surface area contributed by atoms with Crippen LogP contribution in [-0.4, -0.2) is 23.9 Å². The fourth-order valence-corrected chi connectivity index (χ4v) is 3.27. The zero-order chi connectivity index (χ0) is 21.2. The Kier molecular flexibility index (Phi) is 9.01. The van der Waals surface area contributed by atoms with Crippen molar-refractivity contribution < 1.29 is 9.53 Å². The molecule has 3 nitrogen and oxygen atoms in total. The van der Waals surface area contributed by atoms with Crippen LogP contribution in [0.15, 0.2) is 71.8 Å². The monoisotopic (exact) mass is 411 g/mol. The van der Waals surface area contributed by atoms with Crippen molar-refractivity contribution >= 4 is 17.5 Å². The summed E-state index contributed by atoms with van der Waals surface area (Å²) >= 11 is 6.47. The number of hydrogen-bond acceptors (Lipinski definition) is 2. The highest BCUT2D eigenvalue weighted by Crippen LogP contribution is 2.28. The van der Waals surface area contributed by atoms with E-state index in [1.165, 1.54) is 11.1 Å². The molecule has 2 aromatic rings. The molecule has 0 aliphatic carbocycles. The highest BCUT2D eigenvalue weighted by atomic mass is 35.5. The molecule has 0 radical (unpaired) electrons. The van der Waals surface area contributed by atoms with Crippen LogP contribution in [0.2, 0.25) is 5.02 Å². The van der Waals surface area contributed by atoms with Crippen LogP contribution in [0.25, 0.3) is 0 Å². The first kappa shape index (κ1) is 22.8. The van der Waals surface area contributed by atoms with Crippen LogP contribution < -0.4 is 4.74 Å². The summed E-state index contributed by atoms with van der Waals surface area (Å²) in [4.78, 5) is 15.1. The third-order valence-electron chi connectivity index (χ3n) is 4.74. The van der Waals surface area contributed by atoms with Crippen molar-refractivity contribution in [2.75, 3.05) is 13.1 Å². The van der Waals surface area contributed by atoms with E-state index in [1.807, 2.05) is 48.2 Å². The van der Waals surface area contributed by atoms with E-state index in [9.17, 15) is 4.79 Å². The molecule has 0 aliphatic rings. The van der Waals surface area contributed by atoms with E-state index in [1.54, 1.807) is 18.2 Å². The number of para-hydroxylation sites is 1. The highest BCUT2D eigenvalue weighted by molar-refractivity contribution is 6.34. The van der Waals surface area contributed by atoms with Gasteiger partial charge in [0.05, 0.1) is 10.6 Å². The molecule has 154 valence electrons. The van der Waals surface area contributed by atoms with E-state index < -0.39 is 0 Å². The Bertz CT molecular complexity index is 872. The maximum absolute atomic E-state index is 13.2. The molecular formula is C25H30ClNO2. The lowest BCUT2D eigenvalue weighted by atomic mass is 10.1. The number of benzene rings is 2. The number of rotatable bonds is 9. The van der Waals surface area contributed by atoms with Crippen LogP contribution in [-0.2, 0) is 0 Å². The molecule has 0 bridgehead atoms. The van der Waals surface area contributed by atoms with Gasteiger partial charge in [-0.3, -0.25) is 4.79 Å². The molecule has 1 amide bonds. The number of nitrogens with zero attached hydrogens (tertiary/aromatic N) is 1. The lowest BCUT2D eigenvalue weighted by Crippen LogP contribution is -2.33. The smallest absolute Gasteiger partial charge is 0.255 e. The summed E-state index contributed by atoms with van der Waals surface area (Å²) in [6.07, 6.45) is 5.95. The van der Waals surface area contributed by atoms with Gasteiger partial charge in [0.25, 0.3) is 5.91 Å².